The Morgan fingerprint density at radius 1 is 1.24 bits per heavy atom. The number of amides is 1. The molecule has 0 saturated heterocycles. The molecule has 8 heteroatoms. The van der Waals surface area contributed by atoms with Crippen LogP contribution in [-0.2, 0) is 11.8 Å². The number of hydrogen-bond donors (Lipinski definition) is 1. The monoisotopic (exact) mass is 356 g/mol. The number of benzene rings is 2. The number of nitro groups is 1. The van der Waals surface area contributed by atoms with Gasteiger partial charge in [0.25, 0.3) is 5.69 Å². The summed E-state index contributed by atoms with van der Waals surface area (Å²) >= 11 is 1.31. The average Bonchev–Trinajstić information content (AvgIpc) is 2.91. The van der Waals surface area contributed by atoms with E-state index in [1.807, 2.05) is 35.9 Å². The maximum absolute atomic E-state index is 12.4. The highest BCUT2D eigenvalue weighted by Crippen LogP contribution is 2.28. The van der Waals surface area contributed by atoms with E-state index in [0.29, 0.717) is 5.16 Å². The Morgan fingerprint density at radius 2 is 1.92 bits per heavy atom. The van der Waals surface area contributed by atoms with E-state index in [0.717, 1.165) is 11.0 Å². The predicted octanol–water partition coefficient (Wildman–Crippen LogP) is 3.60. The smallest absolute Gasteiger partial charge is 0.292 e. The van der Waals surface area contributed by atoms with Gasteiger partial charge >= 0.3 is 0 Å². The SMILES string of the molecule is C[C@@H](Sc1nc2ccccc2n1C)C(=O)Nc1ccccc1[N+](=O)[O-]. The molecule has 1 aromatic heterocycles. The van der Waals surface area contributed by atoms with Crippen molar-refractivity contribution in [2.24, 2.45) is 7.05 Å². The lowest BCUT2D eigenvalue weighted by Crippen LogP contribution is -2.23. The van der Waals surface area contributed by atoms with E-state index in [4.69, 9.17) is 0 Å². The second kappa shape index (κ2) is 6.94. The third-order valence-corrected chi connectivity index (χ3v) is 4.90. The summed E-state index contributed by atoms with van der Waals surface area (Å²) in [5, 5.41) is 13.9. The van der Waals surface area contributed by atoms with E-state index in [1.165, 1.54) is 23.9 Å². The number of hydrogen-bond acceptors (Lipinski definition) is 5. The van der Waals surface area contributed by atoms with Crippen LogP contribution >= 0.6 is 11.8 Å². The first kappa shape index (κ1) is 17.0. The Balaban J connectivity index is 1.77. The van der Waals surface area contributed by atoms with Crippen molar-refractivity contribution in [1.29, 1.82) is 0 Å². The molecule has 3 rings (SSSR count). The van der Waals surface area contributed by atoms with Crippen molar-refractivity contribution in [3.05, 3.63) is 58.6 Å². The summed E-state index contributed by atoms with van der Waals surface area (Å²) in [7, 11) is 1.89. The highest BCUT2D eigenvalue weighted by atomic mass is 32.2. The van der Waals surface area contributed by atoms with E-state index in [9.17, 15) is 14.9 Å². The van der Waals surface area contributed by atoms with Crippen molar-refractivity contribution < 1.29 is 9.72 Å². The van der Waals surface area contributed by atoms with Gasteiger partial charge in [-0.1, -0.05) is 36.0 Å². The van der Waals surface area contributed by atoms with Gasteiger partial charge in [-0.3, -0.25) is 14.9 Å². The number of imidazole rings is 1. The summed E-state index contributed by atoms with van der Waals surface area (Å²) in [6.45, 7) is 1.74. The molecular weight excluding hydrogens is 340 g/mol. The summed E-state index contributed by atoms with van der Waals surface area (Å²) in [4.78, 5) is 27.5. The molecule has 0 bridgehead atoms. The fourth-order valence-electron chi connectivity index (χ4n) is 2.41. The van der Waals surface area contributed by atoms with Crippen LogP contribution in [-0.4, -0.2) is 25.6 Å². The first-order valence-corrected chi connectivity index (χ1v) is 8.47. The van der Waals surface area contributed by atoms with Crippen molar-refractivity contribution in [3.8, 4) is 0 Å². The van der Waals surface area contributed by atoms with Gasteiger partial charge in [0.05, 0.1) is 21.2 Å². The van der Waals surface area contributed by atoms with Gasteiger partial charge in [0.15, 0.2) is 5.16 Å². The van der Waals surface area contributed by atoms with Gasteiger partial charge in [-0.15, -0.1) is 0 Å². The third-order valence-electron chi connectivity index (χ3n) is 3.76. The number of nitrogens with one attached hydrogen (secondary N) is 1. The van der Waals surface area contributed by atoms with Crippen LogP contribution in [0.4, 0.5) is 11.4 Å². The van der Waals surface area contributed by atoms with E-state index in [1.54, 1.807) is 19.1 Å². The fraction of sp³-hybridized carbons (Fsp3) is 0.176. The summed E-state index contributed by atoms with van der Waals surface area (Å²) in [6.07, 6.45) is 0. The maximum Gasteiger partial charge on any atom is 0.292 e. The molecule has 1 amide bonds. The lowest BCUT2D eigenvalue weighted by atomic mass is 10.2. The number of thioether (sulfide) groups is 1. The first-order valence-electron chi connectivity index (χ1n) is 7.60. The molecule has 0 aliphatic rings. The minimum absolute atomic E-state index is 0.129. The second-order valence-electron chi connectivity index (χ2n) is 5.47. The molecule has 2 aromatic carbocycles. The van der Waals surface area contributed by atoms with Crippen molar-refractivity contribution in [2.75, 3.05) is 5.32 Å². The summed E-state index contributed by atoms with van der Waals surface area (Å²) < 4.78 is 1.93. The lowest BCUT2D eigenvalue weighted by Gasteiger charge is -2.12. The Hall–Kier alpha value is -2.87. The summed E-state index contributed by atoms with van der Waals surface area (Å²) in [6, 6.07) is 13.8. The van der Waals surface area contributed by atoms with Crippen molar-refractivity contribution in [2.45, 2.75) is 17.3 Å². The van der Waals surface area contributed by atoms with Gasteiger partial charge < -0.3 is 9.88 Å². The molecule has 25 heavy (non-hydrogen) atoms. The maximum atomic E-state index is 12.4. The van der Waals surface area contributed by atoms with Crippen LogP contribution in [0.3, 0.4) is 0 Å². The normalized spacial score (nSPS) is 12.1. The van der Waals surface area contributed by atoms with Gasteiger partial charge in [-0.25, -0.2) is 4.98 Å². The second-order valence-corrected chi connectivity index (χ2v) is 6.77. The zero-order valence-corrected chi connectivity index (χ0v) is 14.5. The largest absolute Gasteiger partial charge is 0.322 e. The number of rotatable bonds is 5. The van der Waals surface area contributed by atoms with Gasteiger partial charge in [0, 0.05) is 13.1 Å². The minimum Gasteiger partial charge on any atom is -0.322 e. The Labute approximate surface area is 148 Å². The average molecular weight is 356 g/mol. The number of para-hydroxylation sites is 4. The molecule has 0 spiro atoms. The van der Waals surface area contributed by atoms with E-state index in [2.05, 4.69) is 10.3 Å². The highest BCUT2D eigenvalue weighted by Gasteiger charge is 2.21. The van der Waals surface area contributed by atoms with Crippen LogP contribution in [0, 0.1) is 10.1 Å². The van der Waals surface area contributed by atoms with E-state index < -0.39 is 10.2 Å². The number of aryl methyl sites for hydroxylation is 1. The molecule has 0 aliphatic heterocycles. The van der Waals surface area contributed by atoms with Crippen LogP contribution < -0.4 is 5.32 Å². The van der Waals surface area contributed by atoms with Crippen molar-refractivity contribution >= 4 is 40.1 Å². The molecule has 1 atom stereocenters. The number of nitro benzene ring substituents is 1. The predicted molar refractivity (Wildman–Crippen MR) is 97.8 cm³/mol. The number of nitrogens with zero attached hydrogens (tertiary/aromatic N) is 3. The van der Waals surface area contributed by atoms with Gasteiger partial charge in [0.2, 0.25) is 5.91 Å². The van der Waals surface area contributed by atoms with Crippen LogP contribution in [0.1, 0.15) is 6.92 Å². The molecule has 0 aliphatic carbocycles. The molecule has 0 saturated carbocycles. The van der Waals surface area contributed by atoms with E-state index >= 15 is 0 Å². The Morgan fingerprint density at radius 3 is 2.64 bits per heavy atom. The van der Waals surface area contributed by atoms with E-state index in [-0.39, 0.29) is 17.3 Å². The number of fused-ring (bicyclic) bond motifs is 1. The minimum atomic E-state index is -0.515. The Bertz CT molecular complexity index is 954. The summed E-state index contributed by atoms with van der Waals surface area (Å²) in [5.41, 5.74) is 1.90. The molecule has 7 nitrogen and oxygen atoms in total. The fourth-order valence-corrected chi connectivity index (χ4v) is 3.30. The number of anilines is 1. The first-order chi connectivity index (χ1) is 12.0. The number of carbonyl (C=O) groups excluding carboxylic acids is 1. The third kappa shape index (κ3) is 3.48. The molecule has 1 N–H and O–H groups in total. The topological polar surface area (TPSA) is 90.1 Å². The zero-order valence-electron chi connectivity index (χ0n) is 13.7. The van der Waals surface area contributed by atoms with Gasteiger partial charge in [-0.2, -0.15) is 0 Å². The number of carbonyl (C=O) groups is 1. The van der Waals surface area contributed by atoms with Gasteiger partial charge in [0.1, 0.15) is 5.69 Å². The lowest BCUT2D eigenvalue weighted by molar-refractivity contribution is -0.383. The molecule has 1 heterocycles. The number of aromatic nitrogens is 2. The standard InChI is InChI=1S/C17H16N4O3S/c1-11(16(22)18-13-8-4-6-10-15(13)21(23)24)25-17-19-12-7-3-5-9-14(12)20(17)2/h3-11H,1-2H3,(H,18,22)/t11-/m1/s1. The zero-order chi connectivity index (χ0) is 18.0. The molecular formula is C17H16N4O3S. The Kier molecular flexibility index (Phi) is 4.71. The molecule has 3 aromatic rings. The quantitative estimate of drug-likeness (QED) is 0.428. The highest BCUT2D eigenvalue weighted by molar-refractivity contribution is 8.00. The van der Waals surface area contributed by atoms with Crippen LogP contribution in [0.5, 0.6) is 0 Å². The molecule has 0 unspecified atom stereocenters. The van der Waals surface area contributed by atoms with Crippen LogP contribution in [0.25, 0.3) is 11.0 Å². The molecule has 128 valence electrons. The molecule has 0 radical (unpaired) electrons. The van der Waals surface area contributed by atoms with Gasteiger partial charge in [-0.05, 0) is 25.1 Å². The van der Waals surface area contributed by atoms with Crippen LogP contribution in [0.15, 0.2) is 53.7 Å². The van der Waals surface area contributed by atoms with Crippen molar-refractivity contribution in [3.63, 3.8) is 0 Å². The summed E-state index contributed by atoms with van der Waals surface area (Å²) in [5.74, 6) is -0.314. The van der Waals surface area contributed by atoms with Crippen LogP contribution in [0.2, 0.25) is 0 Å². The molecule has 0 fully saturated rings. The van der Waals surface area contributed by atoms with Crippen molar-refractivity contribution in [1.82, 2.24) is 9.55 Å².